The molecular weight excluding hydrogens is 166 g/mol. The first-order valence-corrected chi connectivity index (χ1v) is 4.61. The summed E-state index contributed by atoms with van der Waals surface area (Å²) in [5.74, 6) is 0. The molecule has 4 heteroatoms. The van der Waals surface area contributed by atoms with E-state index in [4.69, 9.17) is 5.11 Å². The topological polar surface area (TPSA) is 60.9 Å². The first-order chi connectivity index (χ1) is 6.27. The summed E-state index contributed by atoms with van der Waals surface area (Å²) in [5, 5.41) is 19.0. The third-order valence-corrected chi connectivity index (χ3v) is 2.23. The van der Waals surface area contributed by atoms with Gasteiger partial charge in [0.05, 0.1) is 12.8 Å². The summed E-state index contributed by atoms with van der Waals surface area (Å²) in [6.07, 6.45) is 2.75. The fourth-order valence-electron chi connectivity index (χ4n) is 1.15. The number of rotatable bonds is 5. The predicted molar refractivity (Wildman–Crippen MR) is 51.3 cm³/mol. The molecular formula is C9H17N3O. The fourth-order valence-corrected chi connectivity index (χ4v) is 1.15. The highest BCUT2D eigenvalue weighted by atomic mass is 16.3. The number of aliphatic hydroxyl groups is 1. The Morgan fingerprint density at radius 1 is 1.69 bits per heavy atom. The molecule has 0 aliphatic carbocycles. The van der Waals surface area contributed by atoms with E-state index in [2.05, 4.69) is 22.4 Å². The van der Waals surface area contributed by atoms with Gasteiger partial charge in [0.2, 0.25) is 0 Å². The van der Waals surface area contributed by atoms with Gasteiger partial charge in [-0.3, -0.25) is 5.10 Å². The molecule has 1 heterocycles. The van der Waals surface area contributed by atoms with E-state index in [0.29, 0.717) is 0 Å². The van der Waals surface area contributed by atoms with Gasteiger partial charge in [-0.2, -0.15) is 5.10 Å². The molecule has 13 heavy (non-hydrogen) atoms. The van der Waals surface area contributed by atoms with Crippen LogP contribution in [0, 0.1) is 6.92 Å². The summed E-state index contributed by atoms with van der Waals surface area (Å²) in [4.78, 5) is 0. The quantitative estimate of drug-likeness (QED) is 0.625. The second-order valence-electron chi connectivity index (χ2n) is 3.19. The van der Waals surface area contributed by atoms with Crippen LogP contribution in [0.3, 0.4) is 0 Å². The largest absolute Gasteiger partial charge is 0.395 e. The summed E-state index contributed by atoms with van der Waals surface area (Å²) < 4.78 is 0. The van der Waals surface area contributed by atoms with Gasteiger partial charge in [-0.1, -0.05) is 6.92 Å². The third-order valence-electron chi connectivity index (χ3n) is 2.23. The summed E-state index contributed by atoms with van der Waals surface area (Å²) in [6, 6.07) is 0.189. The highest BCUT2D eigenvalue weighted by Gasteiger charge is 2.05. The molecule has 1 atom stereocenters. The molecule has 0 aromatic carbocycles. The predicted octanol–water partition coefficient (Wildman–Crippen LogP) is 0.579. The molecule has 0 saturated heterocycles. The van der Waals surface area contributed by atoms with Crippen LogP contribution in [0.4, 0.5) is 0 Å². The van der Waals surface area contributed by atoms with Crippen molar-refractivity contribution < 1.29 is 5.11 Å². The van der Waals surface area contributed by atoms with Crippen molar-refractivity contribution in [3.63, 3.8) is 0 Å². The molecule has 3 N–H and O–H groups in total. The highest BCUT2D eigenvalue weighted by Crippen LogP contribution is 2.02. The van der Waals surface area contributed by atoms with E-state index in [9.17, 15) is 0 Å². The van der Waals surface area contributed by atoms with Gasteiger partial charge in [0.25, 0.3) is 0 Å². The van der Waals surface area contributed by atoms with E-state index in [1.807, 2.05) is 13.1 Å². The molecule has 1 aromatic rings. The molecule has 0 radical (unpaired) electrons. The van der Waals surface area contributed by atoms with E-state index >= 15 is 0 Å². The van der Waals surface area contributed by atoms with Gasteiger partial charge in [-0.05, 0) is 13.3 Å². The fraction of sp³-hybridized carbons (Fsp3) is 0.667. The Morgan fingerprint density at radius 2 is 2.46 bits per heavy atom. The van der Waals surface area contributed by atoms with Crippen molar-refractivity contribution in [1.82, 2.24) is 15.5 Å². The number of nitrogens with zero attached hydrogens (tertiary/aromatic N) is 1. The Bertz CT molecular complexity index is 243. The van der Waals surface area contributed by atoms with Crippen molar-refractivity contribution in [3.8, 4) is 0 Å². The number of aromatic nitrogens is 2. The van der Waals surface area contributed by atoms with Crippen LogP contribution in [-0.2, 0) is 6.54 Å². The van der Waals surface area contributed by atoms with E-state index in [-0.39, 0.29) is 12.6 Å². The van der Waals surface area contributed by atoms with E-state index < -0.39 is 0 Å². The molecule has 0 spiro atoms. The van der Waals surface area contributed by atoms with Crippen molar-refractivity contribution >= 4 is 0 Å². The van der Waals surface area contributed by atoms with Crippen LogP contribution in [0.5, 0.6) is 0 Å². The van der Waals surface area contributed by atoms with Gasteiger partial charge in [0, 0.05) is 23.8 Å². The molecule has 4 nitrogen and oxygen atoms in total. The molecule has 0 fully saturated rings. The number of nitrogens with one attached hydrogen (secondary N) is 2. The number of hydrogen-bond acceptors (Lipinski definition) is 3. The second-order valence-corrected chi connectivity index (χ2v) is 3.19. The number of hydrogen-bond donors (Lipinski definition) is 3. The maximum absolute atomic E-state index is 8.94. The van der Waals surface area contributed by atoms with Crippen LogP contribution in [-0.4, -0.2) is 28.0 Å². The maximum Gasteiger partial charge on any atom is 0.0584 e. The number of aryl methyl sites for hydroxylation is 1. The molecule has 1 rings (SSSR count). The van der Waals surface area contributed by atoms with E-state index in [1.165, 1.54) is 0 Å². The third kappa shape index (κ3) is 2.82. The van der Waals surface area contributed by atoms with Crippen molar-refractivity contribution in [1.29, 1.82) is 0 Å². The Balaban J connectivity index is 2.38. The second kappa shape index (κ2) is 4.99. The Morgan fingerprint density at radius 3 is 2.92 bits per heavy atom. The van der Waals surface area contributed by atoms with Gasteiger partial charge in [-0.15, -0.1) is 0 Å². The van der Waals surface area contributed by atoms with Crippen LogP contribution < -0.4 is 5.32 Å². The lowest BCUT2D eigenvalue weighted by Crippen LogP contribution is -2.31. The minimum atomic E-state index is 0.188. The standard InChI is InChI=1S/C9H17N3O/c1-3-9(6-13)10-4-8-5-11-12-7(8)2/h5,9-10,13H,3-4,6H2,1-2H3,(H,11,12). The zero-order valence-corrected chi connectivity index (χ0v) is 8.17. The van der Waals surface area contributed by atoms with Crippen LogP contribution in [0.1, 0.15) is 24.6 Å². The van der Waals surface area contributed by atoms with Gasteiger partial charge >= 0.3 is 0 Å². The van der Waals surface area contributed by atoms with Gasteiger partial charge in [-0.25, -0.2) is 0 Å². The molecule has 0 aliphatic rings. The van der Waals surface area contributed by atoms with Crippen molar-refractivity contribution in [2.45, 2.75) is 32.9 Å². The first-order valence-electron chi connectivity index (χ1n) is 4.61. The number of aromatic amines is 1. The average Bonchev–Trinajstić information content (AvgIpc) is 2.54. The molecule has 1 unspecified atom stereocenters. The lowest BCUT2D eigenvalue weighted by molar-refractivity contribution is 0.238. The van der Waals surface area contributed by atoms with E-state index in [0.717, 1.165) is 24.2 Å². The Hall–Kier alpha value is -0.870. The highest BCUT2D eigenvalue weighted by molar-refractivity contribution is 5.13. The van der Waals surface area contributed by atoms with Gasteiger partial charge in [0.15, 0.2) is 0 Å². The monoisotopic (exact) mass is 183 g/mol. The lowest BCUT2D eigenvalue weighted by atomic mass is 10.2. The molecule has 0 amide bonds. The van der Waals surface area contributed by atoms with Crippen molar-refractivity contribution in [2.75, 3.05) is 6.61 Å². The molecule has 0 aliphatic heterocycles. The summed E-state index contributed by atoms with van der Waals surface area (Å²) in [5.41, 5.74) is 2.24. The van der Waals surface area contributed by atoms with Crippen LogP contribution in [0.15, 0.2) is 6.20 Å². The van der Waals surface area contributed by atoms with Gasteiger partial charge < -0.3 is 10.4 Å². The molecule has 74 valence electrons. The smallest absolute Gasteiger partial charge is 0.0584 e. The molecule has 0 saturated carbocycles. The zero-order chi connectivity index (χ0) is 9.68. The SMILES string of the molecule is CCC(CO)NCc1cn[nH]c1C. The lowest BCUT2D eigenvalue weighted by Gasteiger charge is -2.12. The van der Waals surface area contributed by atoms with Crippen LogP contribution in [0.25, 0.3) is 0 Å². The van der Waals surface area contributed by atoms with Crippen LogP contribution >= 0.6 is 0 Å². The van der Waals surface area contributed by atoms with Crippen LogP contribution in [0.2, 0.25) is 0 Å². The number of H-pyrrole nitrogens is 1. The van der Waals surface area contributed by atoms with Crippen molar-refractivity contribution in [3.05, 3.63) is 17.5 Å². The van der Waals surface area contributed by atoms with Gasteiger partial charge in [0.1, 0.15) is 0 Å². The van der Waals surface area contributed by atoms with Crippen molar-refractivity contribution in [2.24, 2.45) is 0 Å². The molecule has 0 bridgehead atoms. The Kier molecular flexibility index (Phi) is 3.92. The Labute approximate surface area is 78.4 Å². The van der Waals surface area contributed by atoms with E-state index in [1.54, 1.807) is 0 Å². The normalized spacial score (nSPS) is 13.2. The maximum atomic E-state index is 8.94. The molecule has 1 aromatic heterocycles. The summed E-state index contributed by atoms with van der Waals surface area (Å²) >= 11 is 0. The number of aliphatic hydroxyl groups excluding tert-OH is 1. The zero-order valence-electron chi connectivity index (χ0n) is 8.17. The minimum Gasteiger partial charge on any atom is -0.395 e. The average molecular weight is 183 g/mol. The summed E-state index contributed by atoms with van der Waals surface area (Å²) in [6.45, 7) is 4.99. The summed E-state index contributed by atoms with van der Waals surface area (Å²) in [7, 11) is 0. The first kappa shape index (κ1) is 10.2. The minimum absolute atomic E-state index is 0.188.